The summed E-state index contributed by atoms with van der Waals surface area (Å²) in [6.45, 7) is 7.72. The van der Waals surface area contributed by atoms with Gasteiger partial charge >= 0.3 is 0 Å². The van der Waals surface area contributed by atoms with E-state index in [9.17, 15) is 8.78 Å². The van der Waals surface area contributed by atoms with Gasteiger partial charge in [-0.2, -0.15) is 5.10 Å². The molecule has 2 heterocycles. The van der Waals surface area contributed by atoms with Crippen molar-refractivity contribution in [1.29, 1.82) is 0 Å². The molecule has 0 aliphatic carbocycles. The highest BCUT2D eigenvalue weighted by Crippen LogP contribution is 2.24. The van der Waals surface area contributed by atoms with Gasteiger partial charge in [-0.3, -0.25) is 9.67 Å². The molecule has 160 valence electrons. The molecule has 0 saturated carbocycles. The zero-order valence-electron chi connectivity index (χ0n) is 16.9. The Kier molecular flexibility index (Phi) is 9.12. The normalized spacial score (nSPS) is 16.6. The van der Waals surface area contributed by atoms with Crippen molar-refractivity contribution in [3.63, 3.8) is 0 Å². The molecule has 29 heavy (non-hydrogen) atoms. The maximum atomic E-state index is 14.0. The molecule has 0 amide bonds. The number of aryl methyl sites for hydroxylation is 2. The van der Waals surface area contributed by atoms with Gasteiger partial charge in [0.25, 0.3) is 0 Å². The fraction of sp³-hybridized carbons (Fsp3) is 0.500. The number of aliphatic imine (C=N–C) groups is 1. The van der Waals surface area contributed by atoms with Crippen LogP contribution in [-0.4, -0.2) is 48.0 Å². The number of hydrogen-bond donors (Lipinski definition) is 2. The van der Waals surface area contributed by atoms with Crippen molar-refractivity contribution < 1.29 is 8.78 Å². The monoisotopic (exact) mass is 518 g/mol. The number of guanidine groups is 1. The molecule has 0 bridgehead atoms. The molecule has 6 nitrogen and oxygen atoms in total. The molecule has 2 aromatic rings. The van der Waals surface area contributed by atoms with E-state index in [1.165, 1.54) is 12.1 Å². The Balaban J connectivity index is 0.00000300. The van der Waals surface area contributed by atoms with Crippen molar-refractivity contribution in [3.05, 3.63) is 47.8 Å². The van der Waals surface area contributed by atoms with Gasteiger partial charge in [-0.25, -0.2) is 8.78 Å². The van der Waals surface area contributed by atoms with E-state index in [0.29, 0.717) is 18.8 Å². The second-order valence-electron chi connectivity index (χ2n) is 7.07. The SMILES string of the molecule is CCNC(=NCCCn1cc(C)cn1)NC1CCN(c2ccc(F)cc2F)C1.I. The van der Waals surface area contributed by atoms with Crippen LogP contribution < -0.4 is 15.5 Å². The summed E-state index contributed by atoms with van der Waals surface area (Å²) in [5.74, 6) is -0.303. The van der Waals surface area contributed by atoms with E-state index in [4.69, 9.17) is 0 Å². The van der Waals surface area contributed by atoms with Gasteiger partial charge in [0.2, 0.25) is 0 Å². The Morgan fingerprint density at radius 1 is 1.34 bits per heavy atom. The van der Waals surface area contributed by atoms with Gasteiger partial charge in [0, 0.05) is 51.0 Å². The predicted molar refractivity (Wildman–Crippen MR) is 123 cm³/mol. The largest absolute Gasteiger partial charge is 0.367 e. The van der Waals surface area contributed by atoms with Gasteiger partial charge in [-0.05, 0) is 44.4 Å². The van der Waals surface area contributed by atoms with Crippen LogP contribution in [0.4, 0.5) is 14.5 Å². The quantitative estimate of drug-likeness (QED) is 0.256. The Morgan fingerprint density at radius 2 is 2.17 bits per heavy atom. The molecule has 9 heteroatoms. The van der Waals surface area contributed by atoms with E-state index in [0.717, 1.165) is 50.1 Å². The van der Waals surface area contributed by atoms with Crippen molar-refractivity contribution in [3.8, 4) is 0 Å². The number of halogens is 3. The highest BCUT2D eigenvalue weighted by Gasteiger charge is 2.25. The van der Waals surface area contributed by atoms with E-state index in [1.54, 1.807) is 0 Å². The first-order valence-corrected chi connectivity index (χ1v) is 9.79. The summed E-state index contributed by atoms with van der Waals surface area (Å²) in [5, 5.41) is 11.0. The molecule has 2 N–H and O–H groups in total. The third-order valence-electron chi connectivity index (χ3n) is 4.70. The summed E-state index contributed by atoms with van der Waals surface area (Å²) in [4.78, 5) is 6.58. The molecule has 1 fully saturated rings. The third kappa shape index (κ3) is 6.83. The van der Waals surface area contributed by atoms with E-state index in [2.05, 4.69) is 20.7 Å². The zero-order chi connectivity index (χ0) is 19.9. The minimum atomic E-state index is -0.554. The van der Waals surface area contributed by atoms with Crippen LogP contribution in [-0.2, 0) is 6.54 Å². The molecule has 0 radical (unpaired) electrons. The molecule has 3 rings (SSSR count). The standard InChI is InChI=1S/C20H28F2N6.HI/c1-3-23-20(24-8-4-9-28-13-15(2)12-25-28)26-17-7-10-27(14-17)19-6-5-16(21)11-18(19)22;/h5-6,11-13,17H,3-4,7-10,14H2,1-2H3,(H2,23,24,26);1H. The summed E-state index contributed by atoms with van der Waals surface area (Å²) < 4.78 is 29.1. The van der Waals surface area contributed by atoms with Crippen LogP contribution in [0.1, 0.15) is 25.3 Å². The van der Waals surface area contributed by atoms with E-state index >= 15 is 0 Å². The Labute approximate surface area is 187 Å². The minimum absolute atomic E-state index is 0. The lowest BCUT2D eigenvalue weighted by Crippen LogP contribution is -2.44. The number of aromatic nitrogens is 2. The Hall–Kier alpha value is -1.91. The molecule has 0 spiro atoms. The number of anilines is 1. The van der Waals surface area contributed by atoms with Crippen LogP contribution in [0.5, 0.6) is 0 Å². The maximum Gasteiger partial charge on any atom is 0.191 e. The molecule has 1 atom stereocenters. The lowest BCUT2D eigenvalue weighted by atomic mass is 10.2. The number of nitrogens with one attached hydrogen (secondary N) is 2. The highest BCUT2D eigenvalue weighted by atomic mass is 127. The molecule has 1 aromatic heterocycles. The Morgan fingerprint density at radius 3 is 2.86 bits per heavy atom. The van der Waals surface area contributed by atoms with Crippen molar-refractivity contribution in [2.24, 2.45) is 4.99 Å². The van der Waals surface area contributed by atoms with Crippen LogP contribution in [0, 0.1) is 18.6 Å². The van der Waals surface area contributed by atoms with Crippen LogP contribution in [0.2, 0.25) is 0 Å². The van der Waals surface area contributed by atoms with Gasteiger partial charge < -0.3 is 15.5 Å². The average molecular weight is 518 g/mol. The molecule has 1 aromatic carbocycles. The van der Waals surface area contributed by atoms with Crippen LogP contribution in [0.15, 0.2) is 35.6 Å². The molecular weight excluding hydrogens is 489 g/mol. The summed E-state index contributed by atoms with van der Waals surface area (Å²) in [7, 11) is 0. The number of rotatable bonds is 7. The third-order valence-corrected chi connectivity index (χ3v) is 4.70. The lowest BCUT2D eigenvalue weighted by Gasteiger charge is -2.21. The van der Waals surface area contributed by atoms with Crippen LogP contribution >= 0.6 is 24.0 Å². The van der Waals surface area contributed by atoms with Crippen molar-refractivity contribution in [1.82, 2.24) is 20.4 Å². The van der Waals surface area contributed by atoms with Gasteiger partial charge in [0.05, 0.1) is 11.9 Å². The highest BCUT2D eigenvalue weighted by molar-refractivity contribution is 14.0. The van der Waals surface area contributed by atoms with Crippen molar-refractivity contribution in [2.45, 2.75) is 39.3 Å². The summed E-state index contributed by atoms with van der Waals surface area (Å²) in [6, 6.07) is 3.90. The summed E-state index contributed by atoms with van der Waals surface area (Å²) >= 11 is 0. The molecular formula is C20H29F2IN6. The van der Waals surface area contributed by atoms with Gasteiger partial charge in [-0.1, -0.05) is 0 Å². The smallest absolute Gasteiger partial charge is 0.191 e. The first-order valence-electron chi connectivity index (χ1n) is 9.79. The fourth-order valence-electron chi connectivity index (χ4n) is 3.36. The van der Waals surface area contributed by atoms with Gasteiger partial charge in [0.1, 0.15) is 11.6 Å². The first kappa shape index (κ1) is 23.4. The van der Waals surface area contributed by atoms with Crippen LogP contribution in [0.25, 0.3) is 0 Å². The van der Waals surface area contributed by atoms with Crippen molar-refractivity contribution in [2.75, 3.05) is 31.1 Å². The average Bonchev–Trinajstić information content (AvgIpc) is 3.28. The molecule has 1 aliphatic rings. The number of hydrogen-bond acceptors (Lipinski definition) is 3. The molecule has 1 saturated heterocycles. The summed E-state index contributed by atoms with van der Waals surface area (Å²) in [6.07, 6.45) is 5.64. The number of benzene rings is 1. The minimum Gasteiger partial charge on any atom is -0.367 e. The topological polar surface area (TPSA) is 57.5 Å². The summed E-state index contributed by atoms with van der Waals surface area (Å²) in [5.41, 5.74) is 1.60. The predicted octanol–water partition coefficient (Wildman–Crippen LogP) is 3.31. The number of nitrogens with zero attached hydrogens (tertiary/aromatic N) is 4. The fourth-order valence-corrected chi connectivity index (χ4v) is 3.36. The maximum absolute atomic E-state index is 14.0. The molecule has 1 unspecified atom stereocenters. The van der Waals surface area contributed by atoms with Crippen molar-refractivity contribution >= 4 is 35.6 Å². The van der Waals surface area contributed by atoms with Gasteiger partial charge in [0.15, 0.2) is 5.96 Å². The van der Waals surface area contributed by atoms with E-state index in [1.807, 2.05) is 35.8 Å². The Bertz CT molecular complexity index is 810. The molecule has 1 aliphatic heterocycles. The van der Waals surface area contributed by atoms with Crippen LogP contribution in [0.3, 0.4) is 0 Å². The first-order chi connectivity index (χ1) is 13.5. The second-order valence-corrected chi connectivity index (χ2v) is 7.07. The van der Waals surface area contributed by atoms with E-state index < -0.39 is 11.6 Å². The lowest BCUT2D eigenvalue weighted by molar-refractivity contribution is 0.579. The van der Waals surface area contributed by atoms with Gasteiger partial charge in [-0.15, -0.1) is 24.0 Å². The zero-order valence-corrected chi connectivity index (χ0v) is 19.2. The van der Waals surface area contributed by atoms with E-state index in [-0.39, 0.29) is 30.0 Å². The second kappa shape index (κ2) is 11.3.